The van der Waals surface area contributed by atoms with Gasteiger partial charge in [0.05, 0.1) is 36.7 Å². The van der Waals surface area contributed by atoms with Gasteiger partial charge in [0.25, 0.3) is 0 Å². The average molecular weight is 979 g/mol. The van der Waals surface area contributed by atoms with Crippen molar-refractivity contribution in [3.8, 4) is 0 Å². The maximum absolute atomic E-state index is 14.4. The molecule has 2 aliphatic rings. The highest BCUT2D eigenvalue weighted by Crippen LogP contribution is 2.27. The summed E-state index contributed by atoms with van der Waals surface area (Å²) in [6.45, 7) is -0.191. The summed E-state index contributed by atoms with van der Waals surface area (Å²) >= 11 is 1.01. The van der Waals surface area contributed by atoms with Gasteiger partial charge in [-0.15, -0.1) is 11.8 Å². The highest BCUT2D eigenvalue weighted by atomic mass is 33.1. The van der Waals surface area contributed by atoms with Crippen molar-refractivity contribution in [3.63, 3.8) is 0 Å². The lowest BCUT2D eigenvalue weighted by molar-refractivity contribution is -0.142. The third-order valence-corrected chi connectivity index (χ3v) is 14.1. The molecule has 66 heavy (non-hydrogen) atoms. The first kappa shape index (κ1) is 55.1. The number of amides is 6. The summed E-state index contributed by atoms with van der Waals surface area (Å²) in [5.74, 6) is -11.8. The van der Waals surface area contributed by atoms with Gasteiger partial charge in [0.1, 0.15) is 12.1 Å². The van der Waals surface area contributed by atoms with Crippen molar-refractivity contribution in [2.75, 3.05) is 49.7 Å². The van der Waals surface area contributed by atoms with Crippen LogP contribution >= 0.6 is 33.3 Å². The maximum Gasteiger partial charge on any atom is 0.304 e. The molecule has 0 saturated carbocycles. The van der Waals surface area contributed by atoms with E-state index in [1.165, 1.54) is 7.05 Å². The van der Waals surface area contributed by atoms with Crippen molar-refractivity contribution in [3.05, 3.63) is 35.9 Å². The lowest BCUT2D eigenvalue weighted by atomic mass is 9.91. The number of nitrogens with one attached hydrogen (secondary N) is 6. The van der Waals surface area contributed by atoms with Crippen LogP contribution < -0.4 is 49.1 Å². The number of carbonyl (C=O) groups is 10. The van der Waals surface area contributed by atoms with Crippen LogP contribution in [0.2, 0.25) is 0 Å². The van der Waals surface area contributed by atoms with Crippen molar-refractivity contribution in [1.82, 2.24) is 31.9 Å². The Morgan fingerprint density at radius 1 is 0.758 bits per heavy atom. The lowest BCUT2D eigenvalue weighted by Crippen LogP contribution is -2.53. The molecule has 0 spiro atoms. The zero-order valence-electron chi connectivity index (χ0n) is 36.9. The van der Waals surface area contributed by atoms with Gasteiger partial charge in [0, 0.05) is 61.9 Å². The number of aliphatic carboxylic acids is 1. The number of likely N-dealkylation sites (N-methyl/N-ethyl adjacent to an activating group) is 1. The number of thioether (sulfide) groups is 1. The number of carbonyl (C=O) groups excluding carboxylic acids is 9. The molecule has 1 aromatic carbocycles. The van der Waals surface area contributed by atoms with Gasteiger partial charge in [-0.2, -0.15) is 0 Å². The first-order chi connectivity index (χ1) is 31.5. The van der Waals surface area contributed by atoms with Crippen molar-refractivity contribution in [2.45, 2.75) is 88.4 Å². The second-order valence-corrected chi connectivity index (χ2v) is 19.5. The third-order valence-electron chi connectivity index (χ3n) is 10.7. The van der Waals surface area contributed by atoms with E-state index in [4.69, 9.17) is 17.2 Å². The number of hydrogen-bond acceptors (Lipinski definition) is 15. The number of aliphatic imine (C=N–C) groups is 1. The molecule has 2 saturated heterocycles. The van der Waals surface area contributed by atoms with E-state index >= 15 is 0 Å². The van der Waals surface area contributed by atoms with Crippen molar-refractivity contribution in [1.29, 1.82) is 0 Å². The number of fused-ring (bicyclic) bond motifs is 5. The van der Waals surface area contributed by atoms with E-state index in [-0.39, 0.29) is 61.2 Å². The number of carboxylic acid groups (broad SMARTS) is 1. The largest absolute Gasteiger partial charge is 0.481 e. The van der Waals surface area contributed by atoms with Crippen LogP contribution in [0.25, 0.3) is 0 Å². The molecule has 0 radical (unpaired) electrons. The second-order valence-electron chi connectivity index (χ2n) is 15.9. The number of ketones is 3. The molecule has 2 heterocycles. The first-order valence-corrected chi connectivity index (χ1v) is 25.3. The summed E-state index contributed by atoms with van der Waals surface area (Å²) in [5.41, 5.74) is 17.3. The van der Waals surface area contributed by atoms with Crippen LogP contribution in [-0.2, 0) is 54.4 Å². The molecular weight excluding hydrogens is 917 g/mol. The predicted octanol–water partition coefficient (Wildman–Crippen LogP) is -1.44. The van der Waals surface area contributed by atoms with E-state index < -0.39 is 133 Å². The Bertz CT molecular complexity index is 1910. The van der Waals surface area contributed by atoms with Gasteiger partial charge in [0.2, 0.25) is 35.4 Å². The summed E-state index contributed by atoms with van der Waals surface area (Å²) in [5, 5.41) is 25.5. The number of unbranched alkanes of at least 4 members (excludes halogenated alkanes) is 1. The minimum Gasteiger partial charge on any atom is -0.481 e. The van der Waals surface area contributed by atoms with Gasteiger partial charge in [0.15, 0.2) is 23.3 Å². The average Bonchev–Trinajstić information content (AvgIpc) is 3.27. The van der Waals surface area contributed by atoms with E-state index in [2.05, 4.69) is 36.9 Å². The van der Waals surface area contributed by atoms with Gasteiger partial charge in [-0.05, 0) is 50.6 Å². The fourth-order valence-corrected chi connectivity index (χ4v) is 10.3. The maximum atomic E-state index is 14.4. The molecule has 13 N–H and O–H groups in total. The Balaban J connectivity index is 2.15. The highest BCUT2D eigenvalue weighted by molar-refractivity contribution is 8.76. The summed E-state index contributed by atoms with van der Waals surface area (Å²) in [7, 11) is 3.48. The first-order valence-electron chi connectivity index (χ1n) is 21.6. The zero-order valence-corrected chi connectivity index (χ0v) is 39.3. The van der Waals surface area contributed by atoms with E-state index in [0.717, 1.165) is 33.3 Å². The number of rotatable bonds is 13. The van der Waals surface area contributed by atoms with Gasteiger partial charge < -0.3 is 54.2 Å². The van der Waals surface area contributed by atoms with E-state index in [0.29, 0.717) is 24.9 Å². The Morgan fingerprint density at radius 3 is 2.02 bits per heavy atom. The monoisotopic (exact) mass is 978 g/mol. The molecule has 2 aliphatic heterocycles. The number of hydrogen-bond donors (Lipinski definition) is 10. The van der Waals surface area contributed by atoms with Crippen LogP contribution in [0.1, 0.15) is 63.4 Å². The van der Waals surface area contributed by atoms with Crippen LogP contribution in [0.5, 0.6) is 0 Å². The molecule has 6 amide bonds. The summed E-state index contributed by atoms with van der Waals surface area (Å²) in [4.78, 5) is 140. The molecule has 21 nitrogen and oxygen atoms in total. The van der Waals surface area contributed by atoms with Crippen molar-refractivity contribution >= 4 is 98.1 Å². The summed E-state index contributed by atoms with van der Waals surface area (Å²) in [6.07, 6.45) is -0.777. The van der Waals surface area contributed by atoms with Crippen LogP contribution in [0.3, 0.4) is 0 Å². The lowest BCUT2D eigenvalue weighted by Gasteiger charge is -2.26. The standard InChI is InChI=1S/C42H62N10O11S3/c1-46-40(62)32-20-64-23-35(56)49-29(11-5-6-12-43)41(63)51-31-22-66-65-21-30(34(55)17-26(38(60)52-32)14-24-8-3-2-4-9-24)50-39(61)27(18-36(57)58)15-28(53)19-48-37(59)25(16-33(31)54)10-7-13-47-42(44)45/h2-4,8-9,25-27,29-32H,5-7,10-23,43H2,1H3,(H,46,62)(H,48,59)(H,49,56)(H,50,61)(H,51,63)(H,52,60)(H,57,58)(H4,44,45,47)/t25-,26-,27+,29+,30+,31+,32+/m1/s1. The molecule has 2 bridgehead atoms. The number of guanidine groups is 1. The summed E-state index contributed by atoms with van der Waals surface area (Å²) < 4.78 is 0. The molecule has 0 aliphatic carbocycles. The van der Waals surface area contributed by atoms with Crippen LogP contribution in [0.4, 0.5) is 0 Å². The zero-order chi connectivity index (χ0) is 48.6. The number of carboxylic acids is 1. The SMILES string of the molecule is CNC(=O)[C@@H]1CSCC(=O)N[C@@H](CCCCN)C(=O)N[C@H]2CSSC[C@H](NC(=O)[C@H](CC(=O)O)CC(=O)CNC(=O)[C@H](CCCN=C(N)N)CC2=O)C(=O)C[C@@H](Cc2ccccc2)C(=O)N1. The molecule has 2 fully saturated rings. The molecule has 3 rings (SSSR count). The number of Topliss-reactive ketones (excluding diaryl/α,β-unsaturated/α-hetero) is 3. The van der Waals surface area contributed by atoms with Crippen LogP contribution in [0, 0.1) is 17.8 Å². The van der Waals surface area contributed by atoms with Gasteiger partial charge in [-0.25, -0.2) is 0 Å². The minimum absolute atomic E-state index is 0.0448. The third kappa shape index (κ3) is 20.1. The van der Waals surface area contributed by atoms with Crippen molar-refractivity contribution < 1.29 is 53.1 Å². The van der Waals surface area contributed by atoms with Crippen LogP contribution in [0.15, 0.2) is 35.3 Å². The minimum atomic E-state index is -1.46. The smallest absolute Gasteiger partial charge is 0.304 e. The predicted molar refractivity (Wildman–Crippen MR) is 252 cm³/mol. The topological polar surface area (TPSA) is 354 Å². The fraction of sp³-hybridized carbons (Fsp3) is 0.595. The Hall–Kier alpha value is -5.20. The van der Waals surface area contributed by atoms with Crippen molar-refractivity contribution in [2.24, 2.45) is 39.9 Å². The Morgan fingerprint density at radius 2 is 1.39 bits per heavy atom. The molecule has 7 atom stereocenters. The van der Waals surface area contributed by atoms with Gasteiger partial charge >= 0.3 is 5.97 Å². The van der Waals surface area contributed by atoms with Gasteiger partial charge in [-0.1, -0.05) is 51.9 Å². The Labute approximate surface area is 395 Å². The summed E-state index contributed by atoms with van der Waals surface area (Å²) in [6, 6.07) is 3.91. The molecule has 364 valence electrons. The number of nitrogens with two attached hydrogens (primary N) is 3. The molecule has 0 unspecified atom stereocenters. The number of benzene rings is 1. The highest BCUT2D eigenvalue weighted by Gasteiger charge is 2.35. The van der Waals surface area contributed by atoms with E-state index in [1.807, 2.05) is 0 Å². The molecular formula is C42H62N10O11S3. The van der Waals surface area contributed by atoms with Crippen LogP contribution in [-0.4, -0.2) is 144 Å². The molecule has 1 aromatic rings. The van der Waals surface area contributed by atoms with E-state index in [1.54, 1.807) is 30.3 Å². The Kier molecular flexibility index (Phi) is 24.6. The van der Waals surface area contributed by atoms with Gasteiger partial charge in [-0.3, -0.25) is 52.9 Å². The fourth-order valence-electron chi connectivity index (χ4n) is 7.08. The number of nitrogens with zero attached hydrogens (tertiary/aromatic N) is 1. The molecule has 0 aromatic heterocycles. The quantitative estimate of drug-likeness (QED) is 0.0468. The van der Waals surface area contributed by atoms with E-state index in [9.17, 15) is 53.1 Å². The second kappa shape index (κ2) is 29.4. The normalized spacial score (nSPS) is 25.1. The molecule has 24 heteroatoms.